The lowest BCUT2D eigenvalue weighted by Crippen LogP contribution is -1.89. The summed E-state index contributed by atoms with van der Waals surface area (Å²) in [7, 11) is 0. The van der Waals surface area contributed by atoms with Crippen molar-refractivity contribution in [2.24, 2.45) is 0 Å². The summed E-state index contributed by atoms with van der Waals surface area (Å²) >= 11 is 0. The number of hydrogen-bond donors (Lipinski definition) is 0. The van der Waals surface area contributed by atoms with Gasteiger partial charge in [0.25, 0.3) is 0 Å². The van der Waals surface area contributed by atoms with E-state index in [-0.39, 0.29) is 0 Å². The molecule has 1 aliphatic carbocycles. The van der Waals surface area contributed by atoms with E-state index >= 15 is 0 Å². The summed E-state index contributed by atoms with van der Waals surface area (Å²) in [5.41, 5.74) is 7.07. The minimum Gasteiger partial charge on any atom is -0.254 e. The van der Waals surface area contributed by atoms with Gasteiger partial charge in [0.2, 0.25) is 0 Å². The summed E-state index contributed by atoms with van der Waals surface area (Å²) in [6, 6.07) is 19.1. The van der Waals surface area contributed by atoms with Crippen LogP contribution >= 0.6 is 0 Å². The highest BCUT2D eigenvalue weighted by Gasteiger charge is 2.20. The second-order valence-electron chi connectivity index (χ2n) is 5.54. The summed E-state index contributed by atoms with van der Waals surface area (Å²) in [6.45, 7) is 0. The molecule has 2 aromatic heterocycles. The van der Waals surface area contributed by atoms with Gasteiger partial charge in [-0.3, -0.25) is 4.98 Å². The van der Waals surface area contributed by atoms with Crippen LogP contribution in [0.3, 0.4) is 0 Å². The zero-order valence-corrected chi connectivity index (χ0v) is 11.4. The van der Waals surface area contributed by atoms with Gasteiger partial charge in [-0.2, -0.15) is 0 Å². The molecular weight excluding hydrogens is 256 g/mol. The Hall–Kier alpha value is -2.74. The van der Waals surface area contributed by atoms with Crippen molar-refractivity contribution in [3.05, 3.63) is 71.9 Å². The lowest BCUT2D eigenvalue weighted by molar-refractivity contribution is 1.25. The molecule has 2 heteroatoms. The normalized spacial score (nSPS) is 12.6. The van der Waals surface area contributed by atoms with Crippen LogP contribution in [0.4, 0.5) is 0 Å². The van der Waals surface area contributed by atoms with E-state index in [1.807, 2.05) is 12.3 Å². The fourth-order valence-corrected chi connectivity index (χ4v) is 3.30. The molecule has 0 amide bonds. The molecule has 0 spiro atoms. The fraction of sp³-hybridized carbons (Fsp3) is 0.0526. The molecular formula is C19H12N2. The number of hydrogen-bond acceptors (Lipinski definition) is 2. The first-order chi connectivity index (χ1) is 10.4. The van der Waals surface area contributed by atoms with Crippen molar-refractivity contribution < 1.29 is 0 Å². The second kappa shape index (κ2) is 3.89. The van der Waals surface area contributed by atoms with E-state index < -0.39 is 0 Å². The molecule has 1 aliphatic rings. The van der Waals surface area contributed by atoms with E-state index in [0.717, 1.165) is 28.5 Å². The summed E-state index contributed by atoms with van der Waals surface area (Å²) in [4.78, 5) is 9.49. The molecule has 0 saturated carbocycles. The predicted molar refractivity (Wildman–Crippen MR) is 85.3 cm³/mol. The Kier molecular flexibility index (Phi) is 2.03. The number of pyridine rings is 2. The van der Waals surface area contributed by atoms with Crippen molar-refractivity contribution in [2.75, 3.05) is 0 Å². The molecule has 98 valence electrons. The Morgan fingerprint density at radius 1 is 0.762 bits per heavy atom. The Bertz CT molecular complexity index is 1020. The van der Waals surface area contributed by atoms with E-state index in [0.29, 0.717) is 0 Å². The highest BCUT2D eigenvalue weighted by atomic mass is 14.8. The van der Waals surface area contributed by atoms with Crippen LogP contribution in [0.1, 0.15) is 11.1 Å². The quantitative estimate of drug-likeness (QED) is 0.390. The molecule has 2 nitrogen and oxygen atoms in total. The van der Waals surface area contributed by atoms with Crippen molar-refractivity contribution in [1.29, 1.82) is 0 Å². The highest BCUT2D eigenvalue weighted by Crippen LogP contribution is 2.37. The second-order valence-corrected chi connectivity index (χ2v) is 5.54. The van der Waals surface area contributed by atoms with Crippen molar-refractivity contribution >= 4 is 21.8 Å². The maximum Gasteiger partial charge on any atom is 0.0972 e. The Balaban J connectivity index is 1.92. The Labute approximate surface area is 122 Å². The fourth-order valence-electron chi connectivity index (χ4n) is 3.30. The third-order valence-electron chi connectivity index (χ3n) is 4.29. The number of fused-ring (bicyclic) bond motifs is 6. The minimum absolute atomic E-state index is 0.981. The van der Waals surface area contributed by atoms with Crippen LogP contribution in [0.2, 0.25) is 0 Å². The number of nitrogens with zero attached hydrogens (tertiary/aromatic N) is 2. The number of aromatic nitrogens is 2. The van der Waals surface area contributed by atoms with E-state index in [1.165, 1.54) is 22.1 Å². The van der Waals surface area contributed by atoms with Crippen LogP contribution in [0, 0.1) is 0 Å². The number of rotatable bonds is 0. The van der Waals surface area contributed by atoms with E-state index in [9.17, 15) is 0 Å². The van der Waals surface area contributed by atoms with Crippen molar-refractivity contribution in [3.63, 3.8) is 0 Å². The van der Waals surface area contributed by atoms with Gasteiger partial charge in [0.15, 0.2) is 0 Å². The first-order valence-corrected chi connectivity index (χ1v) is 7.16. The Morgan fingerprint density at radius 2 is 1.67 bits per heavy atom. The third-order valence-corrected chi connectivity index (χ3v) is 4.29. The van der Waals surface area contributed by atoms with Crippen LogP contribution in [0.25, 0.3) is 33.1 Å². The molecule has 2 heterocycles. The summed E-state index contributed by atoms with van der Waals surface area (Å²) in [5.74, 6) is 0. The van der Waals surface area contributed by atoms with Gasteiger partial charge in [-0.15, -0.1) is 0 Å². The first kappa shape index (κ1) is 11.0. The maximum absolute atomic E-state index is 4.96. The molecule has 0 unspecified atom stereocenters. The van der Waals surface area contributed by atoms with Crippen molar-refractivity contribution in [3.8, 4) is 11.3 Å². The SMILES string of the molecule is c1ccc2c(c1)Cc1cc3ccc4cccnc4c3nc1-2. The molecule has 0 atom stereocenters. The van der Waals surface area contributed by atoms with E-state index in [1.54, 1.807) is 0 Å². The standard InChI is InChI=1S/C19H12N2/c1-2-6-16-13(4-1)10-15-11-14-8-7-12-5-3-9-20-18(12)19(14)21-17(15)16/h1-9,11H,10H2. The van der Waals surface area contributed by atoms with Gasteiger partial charge in [0.1, 0.15) is 0 Å². The monoisotopic (exact) mass is 268 g/mol. The average Bonchev–Trinajstić information content (AvgIpc) is 2.90. The van der Waals surface area contributed by atoms with Gasteiger partial charge in [-0.25, -0.2) is 4.98 Å². The maximum atomic E-state index is 4.96. The van der Waals surface area contributed by atoms with Crippen LogP contribution in [-0.2, 0) is 6.42 Å². The third kappa shape index (κ3) is 1.47. The molecule has 5 rings (SSSR count). The largest absolute Gasteiger partial charge is 0.254 e. The molecule has 0 N–H and O–H groups in total. The van der Waals surface area contributed by atoms with E-state index in [4.69, 9.17) is 4.98 Å². The minimum atomic E-state index is 0.981. The first-order valence-electron chi connectivity index (χ1n) is 7.16. The summed E-state index contributed by atoms with van der Waals surface area (Å²) in [5, 5.41) is 2.32. The van der Waals surface area contributed by atoms with Gasteiger partial charge < -0.3 is 0 Å². The lowest BCUT2D eigenvalue weighted by Gasteiger charge is -2.06. The number of benzene rings is 2. The van der Waals surface area contributed by atoms with E-state index in [2.05, 4.69) is 53.5 Å². The van der Waals surface area contributed by atoms with Gasteiger partial charge >= 0.3 is 0 Å². The van der Waals surface area contributed by atoms with Crippen LogP contribution < -0.4 is 0 Å². The van der Waals surface area contributed by atoms with Crippen molar-refractivity contribution in [1.82, 2.24) is 9.97 Å². The Morgan fingerprint density at radius 3 is 2.67 bits per heavy atom. The van der Waals surface area contributed by atoms with Crippen LogP contribution in [0.5, 0.6) is 0 Å². The highest BCUT2D eigenvalue weighted by molar-refractivity contribution is 6.04. The van der Waals surface area contributed by atoms with Gasteiger partial charge in [0, 0.05) is 29.0 Å². The molecule has 0 radical (unpaired) electrons. The van der Waals surface area contributed by atoms with Crippen LogP contribution in [0.15, 0.2) is 60.8 Å². The average molecular weight is 268 g/mol. The van der Waals surface area contributed by atoms with Gasteiger partial charge in [-0.1, -0.05) is 42.5 Å². The molecule has 21 heavy (non-hydrogen) atoms. The molecule has 0 fully saturated rings. The molecule has 4 aromatic rings. The summed E-state index contributed by atoms with van der Waals surface area (Å²) < 4.78 is 0. The van der Waals surface area contributed by atoms with Crippen molar-refractivity contribution in [2.45, 2.75) is 6.42 Å². The zero-order valence-electron chi connectivity index (χ0n) is 11.4. The topological polar surface area (TPSA) is 25.8 Å². The molecule has 0 bridgehead atoms. The predicted octanol–water partition coefficient (Wildman–Crippen LogP) is 4.35. The molecule has 0 aliphatic heterocycles. The molecule has 0 saturated heterocycles. The van der Waals surface area contributed by atoms with Gasteiger partial charge in [-0.05, 0) is 23.3 Å². The summed E-state index contributed by atoms with van der Waals surface area (Å²) in [6.07, 6.45) is 2.82. The van der Waals surface area contributed by atoms with Crippen LogP contribution in [-0.4, -0.2) is 9.97 Å². The van der Waals surface area contributed by atoms with Gasteiger partial charge in [0.05, 0.1) is 16.7 Å². The molecule has 2 aromatic carbocycles. The lowest BCUT2D eigenvalue weighted by atomic mass is 10.1. The smallest absolute Gasteiger partial charge is 0.0972 e. The zero-order chi connectivity index (χ0) is 13.8.